The second-order valence-corrected chi connectivity index (χ2v) is 6.18. The van der Waals surface area contributed by atoms with Gasteiger partial charge in [-0.15, -0.1) is 24.0 Å². The van der Waals surface area contributed by atoms with Gasteiger partial charge < -0.3 is 20.1 Å². The summed E-state index contributed by atoms with van der Waals surface area (Å²) in [7, 11) is 1.67. The van der Waals surface area contributed by atoms with Crippen molar-refractivity contribution in [2.75, 3.05) is 32.2 Å². The molecule has 0 bridgehead atoms. The highest BCUT2D eigenvalue weighted by Gasteiger charge is 2.12. The third-order valence-electron chi connectivity index (χ3n) is 3.22. The van der Waals surface area contributed by atoms with E-state index in [1.807, 2.05) is 6.92 Å². The number of hydrogen-bond donors (Lipinski definition) is 2. The number of alkyl halides is 2. The Labute approximate surface area is 175 Å². The zero-order valence-electron chi connectivity index (χ0n) is 15.4. The topological polar surface area (TPSA) is 54.9 Å². The van der Waals surface area contributed by atoms with Crippen LogP contribution in [0.2, 0.25) is 0 Å². The third kappa shape index (κ3) is 10.2. The molecule has 2 N–H and O–H groups in total. The molecule has 9 heteroatoms. The van der Waals surface area contributed by atoms with Gasteiger partial charge in [0, 0.05) is 31.8 Å². The van der Waals surface area contributed by atoms with E-state index in [2.05, 4.69) is 26.6 Å². The Morgan fingerprint density at radius 2 is 2.08 bits per heavy atom. The van der Waals surface area contributed by atoms with Gasteiger partial charge in [-0.25, -0.2) is 0 Å². The number of thioether (sulfide) groups is 1. The first kappa shape index (κ1) is 25.0. The van der Waals surface area contributed by atoms with E-state index in [0.29, 0.717) is 30.4 Å². The van der Waals surface area contributed by atoms with Gasteiger partial charge in [-0.3, -0.25) is 4.99 Å². The van der Waals surface area contributed by atoms with Crippen LogP contribution in [0.4, 0.5) is 8.78 Å². The Balaban J connectivity index is 0.00000625. The maximum absolute atomic E-state index is 12.7. The molecule has 0 saturated heterocycles. The normalized spacial score (nSPS) is 11.1. The molecule has 0 aliphatic carbocycles. The summed E-state index contributed by atoms with van der Waals surface area (Å²) >= 11 is 1.79. The Bertz CT molecular complexity index is 537. The molecule has 0 radical (unpaired) electrons. The quantitative estimate of drug-likeness (QED) is 0.206. The van der Waals surface area contributed by atoms with E-state index in [-0.39, 0.29) is 29.7 Å². The summed E-state index contributed by atoms with van der Waals surface area (Å²) in [6.07, 6.45) is 3.92. The van der Waals surface area contributed by atoms with E-state index in [1.165, 1.54) is 6.07 Å². The van der Waals surface area contributed by atoms with Crippen LogP contribution in [0, 0.1) is 0 Å². The van der Waals surface area contributed by atoms with Gasteiger partial charge >= 0.3 is 6.61 Å². The summed E-state index contributed by atoms with van der Waals surface area (Å²) in [5.41, 5.74) is 0.608. The van der Waals surface area contributed by atoms with Crippen molar-refractivity contribution in [1.29, 1.82) is 0 Å². The van der Waals surface area contributed by atoms with Crippen LogP contribution in [-0.2, 0) is 6.54 Å². The molecule has 0 spiro atoms. The molecule has 0 aliphatic rings. The predicted octanol–water partition coefficient (Wildman–Crippen LogP) is 4.11. The van der Waals surface area contributed by atoms with Crippen LogP contribution in [0.1, 0.15) is 25.3 Å². The highest BCUT2D eigenvalue weighted by Crippen LogP contribution is 2.26. The molecular formula is C17H28F2IN3O2S. The van der Waals surface area contributed by atoms with Gasteiger partial charge in [0.1, 0.15) is 11.5 Å². The summed E-state index contributed by atoms with van der Waals surface area (Å²) in [5, 5.41) is 6.29. The van der Waals surface area contributed by atoms with E-state index >= 15 is 0 Å². The molecule has 0 amide bonds. The average molecular weight is 503 g/mol. The Morgan fingerprint density at radius 3 is 2.69 bits per heavy atom. The van der Waals surface area contributed by atoms with Gasteiger partial charge in [0.05, 0.1) is 6.61 Å². The van der Waals surface area contributed by atoms with Crippen molar-refractivity contribution in [3.63, 3.8) is 0 Å². The fraction of sp³-hybridized carbons (Fsp3) is 0.588. The molecule has 0 saturated carbocycles. The van der Waals surface area contributed by atoms with Crippen molar-refractivity contribution >= 4 is 41.7 Å². The summed E-state index contributed by atoms with van der Waals surface area (Å²) < 4.78 is 35.4. The Morgan fingerprint density at radius 1 is 1.31 bits per heavy atom. The number of hydrogen-bond acceptors (Lipinski definition) is 4. The summed E-state index contributed by atoms with van der Waals surface area (Å²) in [6, 6.07) is 4.96. The van der Waals surface area contributed by atoms with Crippen molar-refractivity contribution in [1.82, 2.24) is 10.6 Å². The maximum Gasteiger partial charge on any atom is 0.387 e. The molecule has 26 heavy (non-hydrogen) atoms. The number of aliphatic imine (C=N–C) groups is 1. The Hall–Kier alpha value is -0.970. The first-order chi connectivity index (χ1) is 12.1. The number of benzene rings is 1. The minimum Gasteiger partial charge on any atom is -0.493 e. The van der Waals surface area contributed by atoms with Crippen molar-refractivity contribution < 1.29 is 18.3 Å². The number of rotatable bonds is 11. The molecular weight excluding hydrogens is 475 g/mol. The largest absolute Gasteiger partial charge is 0.493 e. The molecule has 0 heterocycles. The predicted molar refractivity (Wildman–Crippen MR) is 115 cm³/mol. The van der Waals surface area contributed by atoms with Crippen LogP contribution in [0.3, 0.4) is 0 Å². The fourth-order valence-corrected chi connectivity index (χ4v) is 2.45. The molecule has 5 nitrogen and oxygen atoms in total. The smallest absolute Gasteiger partial charge is 0.387 e. The number of nitrogens with zero attached hydrogens (tertiary/aromatic N) is 1. The Kier molecular flexibility index (Phi) is 14.6. The van der Waals surface area contributed by atoms with Crippen LogP contribution in [-0.4, -0.2) is 44.8 Å². The minimum absolute atomic E-state index is 0. The molecule has 0 aliphatic heterocycles. The molecule has 1 rings (SSSR count). The van der Waals surface area contributed by atoms with Crippen molar-refractivity contribution in [3.8, 4) is 11.5 Å². The van der Waals surface area contributed by atoms with Crippen molar-refractivity contribution in [2.45, 2.75) is 32.9 Å². The fourth-order valence-electron chi connectivity index (χ4n) is 2.02. The van der Waals surface area contributed by atoms with Gasteiger partial charge in [0.25, 0.3) is 0 Å². The number of guanidine groups is 1. The number of halogens is 3. The van der Waals surface area contributed by atoms with Crippen molar-refractivity contribution in [2.24, 2.45) is 4.99 Å². The highest BCUT2D eigenvalue weighted by atomic mass is 127. The lowest BCUT2D eigenvalue weighted by molar-refractivity contribution is -0.0505. The molecule has 0 atom stereocenters. The van der Waals surface area contributed by atoms with Crippen LogP contribution in [0.25, 0.3) is 0 Å². The van der Waals surface area contributed by atoms with E-state index in [0.717, 1.165) is 25.1 Å². The van der Waals surface area contributed by atoms with Crippen LogP contribution in [0.5, 0.6) is 11.5 Å². The highest BCUT2D eigenvalue weighted by molar-refractivity contribution is 14.0. The second-order valence-electron chi connectivity index (χ2n) is 5.20. The van der Waals surface area contributed by atoms with Gasteiger partial charge in [-0.2, -0.15) is 20.5 Å². The monoisotopic (exact) mass is 503 g/mol. The van der Waals surface area contributed by atoms with Gasteiger partial charge in [-0.05, 0) is 37.0 Å². The summed E-state index contributed by atoms with van der Waals surface area (Å²) in [5.74, 6) is 2.31. The second kappa shape index (κ2) is 15.1. The van der Waals surface area contributed by atoms with E-state index < -0.39 is 6.61 Å². The molecule has 0 aromatic heterocycles. The van der Waals surface area contributed by atoms with Gasteiger partial charge in [0.15, 0.2) is 5.96 Å². The zero-order valence-corrected chi connectivity index (χ0v) is 18.5. The molecule has 0 fully saturated rings. The lowest BCUT2D eigenvalue weighted by Gasteiger charge is -2.15. The van der Waals surface area contributed by atoms with E-state index in [4.69, 9.17) is 4.74 Å². The lowest BCUT2D eigenvalue weighted by atomic mass is 10.2. The van der Waals surface area contributed by atoms with Gasteiger partial charge in [-0.1, -0.05) is 6.92 Å². The summed E-state index contributed by atoms with van der Waals surface area (Å²) in [4.78, 5) is 4.12. The third-order valence-corrected chi connectivity index (χ3v) is 3.91. The van der Waals surface area contributed by atoms with Crippen molar-refractivity contribution in [3.05, 3.63) is 23.8 Å². The summed E-state index contributed by atoms with van der Waals surface area (Å²) in [6.45, 7) is 0.734. The standard InChI is InChI=1S/C17H27F2N3O2S.HI/c1-4-9-23-14-7-6-13(15(11-14)24-16(18)19)12-22-17(20-2)21-8-5-10-25-3;/h6-7,11,16H,4-5,8-10,12H2,1-3H3,(H2,20,21,22);1H. The van der Waals surface area contributed by atoms with Crippen LogP contribution < -0.4 is 20.1 Å². The molecule has 1 aromatic rings. The SMILES string of the molecule is CCCOc1ccc(CNC(=NC)NCCCSC)c(OC(F)F)c1.I. The molecule has 1 aromatic carbocycles. The zero-order chi connectivity index (χ0) is 18.5. The lowest BCUT2D eigenvalue weighted by Crippen LogP contribution is -2.37. The van der Waals surface area contributed by atoms with Crippen LogP contribution >= 0.6 is 35.7 Å². The average Bonchev–Trinajstić information content (AvgIpc) is 2.60. The molecule has 150 valence electrons. The molecule has 0 unspecified atom stereocenters. The maximum atomic E-state index is 12.7. The van der Waals surface area contributed by atoms with E-state index in [1.54, 1.807) is 30.9 Å². The van der Waals surface area contributed by atoms with Crippen LogP contribution in [0.15, 0.2) is 23.2 Å². The van der Waals surface area contributed by atoms with E-state index in [9.17, 15) is 8.78 Å². The first-order valence-corrected chi connectivity index (χ1v) is 9.64. The first-order valence-electron chi connectivity index (χ1n) is 8.24. The number of ether oxygens (including phenoxy) is 2. The minimum atomic E-state index is -2.89. The van der Waals surface area contributed by atoms with Gasteiger partial charge in [0.2, 0.25) is 0 Å². The number of nitrogens with one attached hydrogen (secondary N) is 2.